The smallest absolute Gasteiger partial charge is 0.194 e. The van der Waals surface area contributed by atoms with E-state index in [1.165, 1.54) is 0 Å². The lowest BCUT2D eigenvalue weighted by atomic mass is 11.7. The molecule has 38 valence electrons. The topological polar surface area (TPSA) is 0 Å². The lowest BCUT2D eigenvalue weighted by Gasteiger charge is -1.97. The van der Waals surface area contributed by atoms with Gasteiger partial charge in [-0.25, -0.2) is 0 Å². The van der Waals surface area contributed by atoms with E-state index in [1.807, 2.05) is 0 Å². The van der Waals surface area contributed by atoms with E-state index in [0.29, 0.717) is 0 Å². The Balaban J connectivity index is 3.17. The van der Waals surface area contributed by atoms with E-state index in [0.717, 1.165) is 0 Å². The number of alkyl halides is 3. The van der Waals surface area contributed by atoms with Crippen molar-refractivity contribution in [2.75, 3.05) is 0 Å². The quantitative estimate of drug-likeness (QED) is 0.544. The third kappa shape index (κ3) is 5.15. The van der Waals surface area contributed by atoms with Gasteiger partial charge in [-0.15, -0.1) is 0 Å². The van der Waals surface area contributed by atoms with Gasteiger partial charge in [0.05, 0.1) is 0 Å². The molecule has 0 atom stereocenters. The summed E-state index contributed by atoms with van der Waals surface area (Å²) in [5, 5.41) is 0. The van der Waals surface area contributed by atoms with E-state index in [4.69, 9.17) is 10.7 Å². The fourth-order valence-corrected chi connectivity index (χ4v) is 0. The Kier molecular flexibility index (Phi) is 2.93. The Morgan fingerprint density at radius 3 is 1.67 bits per heavy atom. The van der Waals surface area contributed by atoms with E-state index in [1.54, 1.807) is 0 Å². The van der Waals surface area contributed by atoms with Crippen molar-refractivity contribution in [1.29, 1.82) is 0 Å². The first-order valence-corrected chi connectivity index (χ1v) is 3.32. The van der Waals surface area contributed by atoms with Gasteiger partial charge in [0.15, 0.2) is 0 Å². The summed E-state index contributed by atoms with van der Waals surface area (Å²) in [5.41, 5.74) is 0. The van der Waals surface area contributed by atoms with Gasteiger partial charge >= 0.3 is 3.92 Å². The molecule has 5 heteroatoms. The molecule has 0 heterocycles. The molecule has 0 aromatic rings. The average Bonchev–Trinajstić information content (AvgIpc) is 1.35. The summed E-state index contributed by atoms with van der Waals surface area (Å²) in [5.74, 6) is 0. The highest BCUT2D eigenvalue weighted by molar-refractivity contribution is 8.23. The minimum atomic E-state index is -2.33. The van der Waals surface area contributed by atoms with Crippen LogP contribution in [0.25, 0.3) is 0 Å². The van der Waals surface area contributed by atoms with Crippen LogP contribution in [0.5, 0.6) is 0 Å². The molecule has 6 heavy (non-hydrogen) atoms. The first-order valence-electron chi connectivity index (χ1n) is 0.925. The fourth-order valence-electron chi connectivity index (χ4n) is 0. The van der Waals surface area contributed by atoms with Crippen LogP contribution in [0.3, 0.4) is 0 Å². The molecule has 0 aliphatic rings. The summed E-state index contributed by atoms with van der Waals surface area (Å²) in [7, 11) is 4.97. The van der Waals surface area contributed by atoms with Crippen LogP contribution in [-0.2, 0) is 0 Å². The highest BCUT2D eigenvalue weighted by Crippen LogP contribution is 2.38. The average molecular weight is 169 g/mol. The zero-order chi connectivity index (χ0) is 5.21. The minimum absolute atomic E-state index is 0.218. The second-order valence-electron chi connectivity index (χ2n) is 0.523. The molecule has 0 saturated heterocycles. The van der Waals surface area contributed by atoms with Gasteiger partial charge in [-0.1, -0.05) is 23.2 Å². The first-order chi connectivity index (χ1) is 2.56. The second-order valence-corrected chi connectivity index (χ2v) is 3.39. The zero-order valence-corrected chi connectivity index (χ0v) is 5.50. The summed E-state index contributed by atoms with van der Waals surface area (Å²) >= 11 is 9.29. The third-order valence-corrected chi connectivity index (χ3v) is 1.84. The van der Waals surface area contributed by atoms with Gasteiger partial charge in [-0.05, 0) is 10.7 Å². The van der Waals surface area contributed by atoms with Crippen molar-refractivity contribution in [3.63, 3.8) is 0 Å². The number of halogens is 4. The highest BCUT2D eigenvalue weighted by atomic mass is 35.7. The molecule has 0 N–H and O–H groups in total. The summed E-state index contributed by atoms with van der Waals surface area (Å²) in [4.78, 5) is 0. The molecule has 0 amide bonds. The van der Waals surface area contributed by atoms with E-state index >= 15 is 0 Å². The van der Waals surface area contributed by atoms with E-state index in [9.17, 15) is 4.39 Å². The van der Waals surface area contributed by atoms with Crippen LogP contribution in [0.1, 0.15) is 0 Å². The largest absolute Gasteiger partial charge is 0.319 e. The molecule has 0 aromatic heterocycles. The van der Waals surface area contributed by atoms with E-state index in [-0.39, 0.29) is 11.0 Å². The second kappa shape index (κ2) is 2.46. The van der Waals surface area contributed by atoms with Gasteiger partial charge < -0.3 is 0 Å². The Hall–Kier alpha value is 1.15. The van der Waals surface area contributed by atoms with E-state index in [2.05, 4.69) is 23.2 Å². The van der Waals surface area contributed by atoms with Gasteiger partial charge in [0.25, 0.3) is 0 Å². The fraction of sp³-hybridized carbons (Fsp3) is 1.00. The van der Waals surface area contributed by atoms with Gasteiger partial charge in [0, 0.05) is 11.0 Å². The lowest BCUT2D eigenvalue weighted by Crippen LogP contribution is -1.88. The van der Waals surface area contributed by atoms with Crippen LogP contribution in [0.4, 0.5) is 4.39 Å². The molecule has 0 unspecified atom stereocenters. The van der Waals surface area contributed by atoms with Crippen molar-refractivity contribution < 1.29 is 4.39 Å². The molecule has 0 saturated carbocycles. The van der Waals surface area contributed by atoms with Crippen LogP contribution in [0, 0.1) is 0 Å². The molecule has 0 radical (unpaired) electrons. The van der Waals surface area contributed by atoms with Crippen LogP contribution < -0.4 is 0 Å². The number of hydrogen-bond donors (Lipinski definition) is 0. The maximum atomic E-state index is 11.5. The Labute approximate surface area is 53.4 Å². The Morgan fingerprint density at radius 1 is 1.50 bits per heavy atom. The summed E-state index contributed by atoms with van der Waals surface area (Å²) in [6.07, 6.45) is 0. The summed E-state index contributed by atoms with van der Waals surface area (Å²) in [6.45, 7) is 0. The normalized spacial score (nSPS) is 12.0. The predicted octanol–water partition coefficient (Wildman–Crippen LogP) is 2.93. The Morgan fingerprint density at radius 2 is 1.67 bits per heavy atom. The molecule has 0 nitrogen and oxygen atoms in total. The summed E-state index contributed by atoms with van der Waals surface area (Å²) < 4.78 is 9.15. The van der Waals surface area contributed by atoms with Crippen molar-refractivity contribution in [2.24, 2.45) is 0 Å². The molecular weight excluding hydrogens is 169 g/mol. The maximum absolute atomic E-state index is 11.5. The van der Waals surface area contributed by atoms with Crippen molar-refractivity contribution in [3.8, 4) is 0 Å². The molecule has 0 bridgehead atoms. The molecule has 0 aromatic carbocycles. The van der Waals surface area contributed by atoms with Gasteiger partial charge in [-0.2, -0.15) is 4.39 Å². The maximum Gasteiger partial charge on any atom is 0.319 e. The molecule has 0 spiro atoms. The van der Waals surface area contributed by atoms with Crippen LogP contribution in [-0.4, -0.2) is 3.92 Å². The monoisotopic (exact) mass is 168 g/mol. The molecule has 0 aliphatic carbocycles. The molecule has 0 rings (SSSR count). The third-order valence-electron chi connectivity index (χ3n) is 0.0875. The predicted molar refractivity (Wildman–Crippen MR) is 29.0 cm³/mol. The van der Waals surface area contributed by atoms with Gasteiger partial charge in [0.2, 0.25) is 0 Å². The Bertz CT molecular complexity index is 40.5. The van der Waals surface area contributed by atoms with Crippen LogP contribution in [0.2, 0.25) is 0 Å². The molecule has 0 fully saturated rings. The standard InChI is InChI=1S/CCl3FS/c2-1(3,5)6-4. The molecule has 0 aliphatic heterocycles. The van der Waals surface area contributed by atoms with Crippen molar-refractivity contribution in [1.82, 2.24) is 0 Å². The number of hydrogen-bond acceptors (Lipinski definition) is 1. The minimum Gasteiger partial charge on any atom is -0.194 e. The lowest BCUT2D eigenvalue weighted by molar-refractivity contribution is 0.518. The van der Waals surface area contributed by atoms with Gasteiger partial charge in [0.1, 0.15) is 0 Å². The van der Waals surface area contributed by atoms with Crippen LogP contribution in [0.15, 0.2) is 0 Å². The van der Waals surface area contributed by atoms with Crippen LogP contribution >= 0.6 is 44.9 Å². The SMILES string of the molecule is FC(Cl)(Cl)SCl. The highest BCUT2D eigenvalue weighted by Gasteiger charge is 2.20. The van der Waals surface area contributed by atoms with Gasteiger partial charge in [-0.3, -0.25) is 0 Å². The van der Waals surface area contributed by atoms with Crippen molar-refractivity contribution >= 4 is 44.9 Å². The first kappa shape index (κ1) is 7.15. The van der Waals surface area contributed by atoms with Crippen molar-refractivity contribution in [3.05, 3.63) is 0 Å². The zero-order valence-electron chi connectivity index (χ0n) is 2.42. The summed E-state index contributed by atoms with van der Waals surface area (Å²) in [6, 6.07) is 0. The van der Waals surface area contributed by atoms with E-state index < -0.39 is 3.92 Å². The van der Waals surface area contributed by atoms with Crippen molar-refractivity contribution in [2.45, 2.75) is 3.92 Å². The molecular formula is CCl3FS. The number of rotatable bonds is 1.